The zero-order valence-corrected chi connectivity index (χ0v) is 16.9. The molecule has 28 heavy (non-hydrogen) atoms. The van der Waals surface area contributed by atoms with E-state index < -0.39 is 0 Å². The molecule has 4 rings (SSSR count). The number of thiazole rings is 1. The molecule has 3 N–H and O–H groups in total. The molecule has 2 saturated heterocycles. The van der Waals surface area contributed by atoms with Crippen LogP contribution in [0.15, 0.2) is 12.3 Å². The summed E-state index contributed by atoms with van der Waals surface area (Å²) in [6.45, 7) is 7.39. The van der Waals surface area contributed by atoms with Crippen LogP contribution in [-0.2, 0) is 11.3 Å². The zero-order chi connectivity index (χ0) is 19.3. The summed E-state index contributed by atoms with van der Waals surface area (Å²) in [6.07, 6.45) is 3.91. The van der Waals surface area contributed by atoms with Gasteiger partial charge in [-0.1, -0.05) is 0 Å². The summed E-state index contributed by atoms with van der Waals surface area (Å²) in [5, 5.41) is 10.7. The first-order valence-corrected chi connectivity index (χ1v) is 10.7. The number of hydrogen-bond donors (Lipinski definition) is 3. The van der Waals surface area contributed by atoms with Gasteiger partial charge in [-0.2, -0.15) is 0 Å². The molecule has 2 aromatic heterocycles. The average molecular weight is 407 g/mol. The smallest absolute Gasteiger partial charge is 0.188 e. The molecule has 0 aromatic carbocycles. The number of rotatable bonds is 6. The van der Waals surface area contributed by atoms with Crippen molar-refractivity contribution in [2.45, 2.75) is 32.4 Å². The van der Waals surface area contributed by atoms with Crippen LogP contribution in [0.4, 0.5) is 21.2 Å². The quantitative estimate of drug-likeness (QED) is 0.681. The van der Waals surface area contributed by atoms with Gasteiger partial charge in [-0.15, -0.1) is 11.3 Å². The van der Waals surface area contributed by atoms with Crippen molar-refractivity contribution in [2.75, 3.05) is 50.0 Å². The van der Waals surface area contributed by atoms with E-state index in [0.29, 0.717) is 37.0 Å². The lowest BCUT2D eigenvalue weighted by molar-refractivity contribution is 0.0337. The van der Waals surface area contributed by atoms with Gasteiger partial charge >= 0.3 is 0 Å². The lowest BCUT2D eigenvalue weighted by Gasteiger charge is -2.28. The summed E-state index contributed by atoms with van der Waals surface area (Å²) in [7, 11) is 0. The number of anilines is 3. The van der Waals surface area contributed by atoms with E-state index in [1.165, 1.54) is 0 Å². The molecule has 2 aliphatic heterocycles. The third-order valence-corrected chi connectivity index (χ3v) is 5.85. The number of aryl methyl sites for hydroxylation is 1. The number of hydrogen-bond acceptors (Lipinski definition) is 8. The van der Waals surface area contributed by atoms with Crippen LogP contribution in [0.1, 0.15) is 23.3 Å². The van der Waals surface area contributed by atoms with Gasteiger partial charge in [0.2, 0.25) is 0 Å². The predicted molar refractivity (Wildman–Crippen MR) is 110 cm³/mol. The van der Waals surface area contributed by atoms with Gasteiger partial charge in [0, 0.05) is 48.9 Å². The summed E-state index contributed by atoms with van der Waals surface area (Å²) >= 11 is 1.56. The summed E-state index contributed by atoms with van der Waals surface area (Å²) in [4.78, 5) is 12.2. The van der Waals surface area contributed by atoms with Gasteiger partial charge in [0.15, 0.2) is 16.8 Å². The third kappa shape index (κ3) is 4.96. The molecule has 4 heterocycles. The minimum absolute atomic E-state index is 0.185. The molecular formula is C19H27FN6OS. The van der Waals surface area contributed by atoms with Crippen LogP contribution >= 0.6 is 11.3 Å². The average Bonchev–Trinajstić information content (AvgIpc) is 3.11. The molecule has 1 unspecified atom stereocenters. The second-order valence-corrected chi connectivity index (χ2v) is 8.54. The first kappa shape index (κ1) is 19.5. The molecule has 7 nitrogen and oxygen atoms in total. The highest BCUT2D eigenvalue weighted by Gasteiger charge is 2.21. The SMILES string of the molecule is Cc1cnc(Nc2cc(CN3CCOCC3)c(F)c(NC3CCCNC3)n2)s1. The highest BCUT2D eigenvalue weighted by atomic mass is 32.1. The Kier molecular flexibility index (Phi) is 6.36. The Balaban J connectivity index is 1.58. The fourth-order valence-electron chi connectivity index (χ4n) is 3.55. The molecule has 0 aliphatic carbocycles. The largest absolute Gasteiger partial charge is 0.379 e. The summed E-state index contributed by atoms with van der Waals surface area (Å²) in [5.41, 5.74) is 0.638. The molecular weight excluding hydrogens is 379 g/mol. The highest BCUT2D eigenvalue weighted by molar-refractivity contribution is 7.15. The molecule has 0 bridgehead atoms. The molecule has 152 valence electrons. The number of piperidine rings is 1. The maximum absolute atomic E-state index is 15.3. The van der Waals surface area contributed by atoms with E-state index in [2.05, 4.69) is 30.8 Å². The molecule has 9 heteroatoms. The van der Waals surface area contributed by atoms with Crippen LogP contribution < -0.4 is 16.0 Å². The van der Waals surface area contributed by atoms with Gasteiger partial charge in [-0.05, 0) is 32.4 Å². The molecule has 1 atom stereocenters. The van der Waals surface area contributed by atoms with Crippen molar-refractivity contribution in [1.82, 2.24) is 20.2 Å². The lowest BCUT2D eigenvalue weighted by atomic mass is 10.1. The number of halogens is 1. The Morgan fingerprint density at radius 2 is 2.25 bits per heavy atom. The molecule has 0 amide bonds. The number of nitrogens with one attached hydrogen (secondary N) is 3. The van der Waals surface area contributed by atoms with Gasteiger partial charge in [0.1, 0.15) is 5.82 Å². The van der Waals surface area contributed by atoms with Crippen LogP contribution in [0.5, 0.6) is 0 Å². The van der Waals surface area contributed by atoms with Crippen molar-refractivity contribution in [3.8, 4) is 0 Å². The topological polar surface area (TPSA) is 74.3 Å². The lowest BCUT2D eigenvalue weighted by Crippen LogP contribution is -2.39. The first-order valence-electron chi connectivity index (χ1n) is 9.83. The maximum Gasteiger partial charge on any atom is 0.188 e. The minimum atomic E-state index is -0.266. The summed E-state index contributed by atoms with van der Waals surface area (Å²) in [5.74, 6) is 0.665. The molecule has 2 fully saturated rings. The first-order chi connectivity index (χ1) is 13.7. The Hall–Kier alpha value is -1.81. The van der Waals surface area contributed by atoms with Crippen LogP contribution in [0.25, 0.3) is 0 Å². The number of aromatic nitrogens is 2. The van der Waals surface area contributed by atoms with E-state index in [-0.39, 0.29) is 11.9 Å². The zero-order valence-electron chi connectivity index (χ0n) is 16.1. The Morgan fingerprint density at radius 1 is 1.39 bits per heavy atom. The van der Waals surface area contributed by atoms with Crippen LogP contribution in [-0.4, -0.2) is 60.3 Å². The van der Waals surface area contributed by atoms with E-state index in [1.807, 2.05) is 13.1 Å². The molecule has 0 spiro atoms. The van der Waals surface area contributed by atoms with Gasteiger partial charge in [-0.3, -0.25) is 4.90 Å². The van der Waals surface area contributed by atoms with Gasteiger partial charge in [0.25, 0.3) is 0 Å². The summed E-state index contributed by atoms with van der Waals surface area (Å²) in [6, 6.07) is 1.98. The Bertz CT molecular complexity index is 747. The van der Waals surface area contributed by atoms with Crippen molar-refractivity contribution >= 4 is 28.1 Å². The number of morpholine rings is 1. The summed E-state index contributed by atoms with van der Waals surface area (Å²) < 4.78 is 20.7. The molecule has 2 aromatic rings. The van der Waals surface area contributed by atoms with E-state index in [1.54, 1.807) is 17.4 Å². The van der Waals surface area contributed by atoms with Gasteiger partial charge in [0.05, 0.1) is 13.2 Å². The van der Waals surface area contributed by atoms with Crippen molar-refractivity contribution in [1.29, 1.82) is 0 Å². The molecule has 2 aliphatic rings. The van der Waals surface area contributed by atoms with Gasteiger partial charge < -0.3 is 20.7 Å². The standard InChI is InChI=1S/C19H27FN6OS/c1-13-10-22-19(28-13)25-16-9-14(12-26-5-7-27-8-6-26)17(20)18(24-16)23-15-3-2-4-21-11-15/h9-10,15,21H,2-8,11-12H2,1H3,(H2,22,23,24,25). The maximum atomic E-state index is 15.3. The van der Waals surface area contributed by atoms with E-state index in [4.69, 9.17) is 4.74 Å². The fourth-order valence-corrected chi connectivity index (χ4v) is 4.22. The highest BCUT2D eigenvalue weighted by Crippen LogP contribution is 2.27. The van der Waals surface area contributed by atoms with Crippen LogP contribution in [0.2, 0.25) is 0 Å². The van der Waals surface area contributed by atoms with E-state index >= 15 is 4.39 Å². The van der Waals surface area contributed by atoms with E-state index in [0.717, 1.165) is 49.0 Å². The molecule has 0 radical (unpaired) electrons. The normalized spacial score (nSPS) is 20.9. The molecule has 0 saturated carbocycles. The van der Waals surface area contributed by atoms with Crippen molar-refractivity contribution in [2.24, 2.45) is 0 Å². The fraction of sp³-hybridized carbons (Fsp3) is 0.579. The van der Waals surface area contributed by atoms with Crippen molar-refractivity contribution in [3.63, 3.8) is 0 Å². The Labute approximate surface area is 168 Å². The second kappa shape index (κ2) is 9.13. The third-order valence-electron chi connectivity index (χ3n) is 5.02. The van der Waals surface area contributed by atoms with Crippen LogP contribution in [0.3, 0.4) is 0 Å². The monoisotopic (exact) mass is 406 g/mol. The van der Waals surface area contributed by atoms with Crippen LogP contribution in [0, 0.1) is 12.7 Å². The number of nitrogens with zero attached hydrogens (tertiary/aromatic N) is 3. The Morgan fingerprint density at radius 3 is 2.96 bits per heavy atom. The predicted octanol–water partition coefficient (Wildman–Crippen LogP) is 2.73. The van der Waals surface area contributed by atoms with Crippen molar-refractivity contribution < 1.29 is 9.13 Å². The number of ether oxygens (including phenoxy) is 1. The van der Waals surface area contributed by atoms with Crippen molar-refractivity contribution in [3.05, 3.63) is 28.5 Å². The van der Waals surface area contributed by atoms with E-state index in [9.17, 15) is 0 Å². The van der Waals surface area contributed by atoms with Gasteiger partial charge in [-0.25, -0.2) is 14.4 Å². The second-order valence-electron chi connectivity index (χ2n) is 7.31. The minimum Gasteiger partial charge on any atom is -0.379 e. The number of pyridine rings is 1.